The number of esters is 1. The van der Waals surface area contributed by atoms with E-state index in [2.05, 4.69) is 0 Å². The Hall–Kier alpha value is -2.41. The number of hydrogen-bond donors (Lipinski definition) is 0. The van der Waals surface area contributed by atoms with Gasteiger partial charge in [-0.25, -0.2) is 4.39 Å². The number of carbonyl (C=O) groups is 1. The van der Waals surface area contributed by atoms with Crippen LogP contribution in [0.3, 0.4) is 0 Å². The molecule has 108 valence electrons. The molecular formula is C14H10FNO4S. The van der Waals surface area contributed by atoms with Crippen LogP contribution in [0.2, 0.25) is 0 Å². The fourth-order valence-corrected chi connectivity index (χ4v) is 2.47. The van der Waals surface area contributed by atoms with E-state index in [9.17, 15) is 19.3 Å². The predicted molar refractivity (Wildman–Crippen MR) is 74.9 cm³/mol. The minimum absolute atomic E-state index is 0.0289. The topological polar surface area (TPSA) is 69.4 Å². The van der Waals surface area contributed by atoms with Crippen molar-refractivity contribution in [2.45, 2.75) is 16.7 Å². The molecule has 0 aliphatic heterocycles. The predicted octanol–water partition coefficient (Wildman–Crippen LogP) is 3.81. The number of halogens is 1. The zero-order valence-electron chi connectivity index (χ0n) is 10.9. The van der Waals surface area contributed by atoms with Crippen LogP contribution >= 0.6 is 11.8 Å². The molecule has 0 N–H and O–H groups in total. The first-order chi connectivity index (χ1) is 9.95. The van der Waals surface area contributed by atoms with Crippen LogP contribution in [0.15, 0.2) is 52.3 Å². The quantitative estimate of drug-likeness (QED) is 0.372. The fourth-order valence-electron chi connectivity index (χ4n) is 1.56. The second kappa shape index (κ2) is 6.36. The minimum atomic E-state index is -0.507. The standard InChI is InChI=1S/C14H10FNO4S/c1-9(17)20-13-7-2-10(15)8-14(13)21-12-5-3-11(4-6-12)16(18)19/h2-8H,1H3. The smallest absolute Gasteiger partial charge is 0.308 e. The monoisotopic (exact) mass is 307 g/mol. The summed E-state index contributed by atoms with van der Waals surface area (Å²) in [5.74, 6) is -0.727. The number of ether oxygens (including phenoxy) is 1. The molecule has 0 aliphatic carbocycles. The Morgan fingerprint density at radius 2 is 1.90 bits per heavy atom. The molecule has 2 rings (SSSR count). The number of rotatable bonds is 4. The maximum atomic E-state index is 13.3. The molecule has 0 aliphatic rings. The maximum absolute atomic E-state index is 13.3. The molecule has 7 heteroatoms. The number of benzene rings is 2. The highest BCUT2D eigenvalue weighted by Gasteiger charge is 2.11. The number of hydrogen-bond acceptors (Lipinski definition) is 5. The summed E-state index contributed by atoms with van der Waals surface area (Å²) in [5, 5.41) is 10.6. The van der Waals surface area contributed by atoms with E-state index >= 15 is 0 Å². The molecule has 0 aromatic heterocycles. The van der Waals surface area contributed by atoms with Gasteiger partial charge < -0.3 is 4.74 Å². The Balaban J connectivity index is 2.27. The molecule has 0 bridgehead atoms. The molecule has 0 radical (unpaired) electrons. The summed E-state index contributed by atoms with van der Waals surface area (Å²) >= 11 is 1.15. The van der Waals surface area contributed by atoms with E-state index in [1.807, 2.05) is 0 Å². The van der Waals surface area contributed by atoms with Gasteiger partial charge in [0, 0.05) is 24.0 Å². The molecule has 0 saturated heterocycles. The van der Waals surface area contributed by atoms with Gasteiger partial charge in [0.15, 0.2) is 0 Å². The molecule has 0 fully saturated rings. The average Bonchev–Trinajstić information content (AvgIpc) is 2.42. The molecule has 2 aromatic carbocycles. The lowest BCUT2D eigenvalue weighted by Crippen LogP contribution is -2.02. The zero-order chi connectivity index (χ0) is 15.4. The number of non-ortho nitro benzene ring substituents is 1. The normalized spacial score (nSPS) is 10.2. The molecule has 0 heterocycles. The Kier molecular flexibility index (Phi) is 4.54. The van der Waals surface area contributed by atoms with Crippen molar-refractivity contribution in [1.29, 1.82) is 0 Å². The molecule has 0 atom stereocenters. The first-order valence-electron chi connectivity index (χ1n) is 5.86. The van der Waals surface area contributed by atoms with Crippen LogP contribution in [0.25, 0.3) is 0 Å². The number of nitro benzene ring substituents is 1. The van der Waals surface area contributed by atoms with Crippen molar-refractivity contribution in [3.05, 3.63) is 58.4 Å². The van der Waals surface area contributed by atoms with Gasteiger partial charge in [0.05, 0.1) is 9.82 Å². The Morgan fingerprint density at radius 1 is 1.24 bits per heavy atom. The molecule has 21 heavy (non-hydrogen) atoms. The van der Waals surface area contributed by atoms with Crippen LogP contribution in [0, 0.1) is 15.9 Å². The summed E-state index contributed by atoms with van der Waals surface area (Å²) in [6.07, 6.45) is 0. The van der Waals surface area contributed by atoms with Gasteiger partial charge in [-0.1, -0.05) is 11.8 Å². The van der Waals surface area contributed by atoms with Crippen molar-refractivity contribution < 1.29 is 18.8 Å². The van der Waals surface area contributed by atoms with Gasteiger partial charge in [0.25, 0.3) is 5.69 Å². The first-order valence-corrected chi connectivity index (χ1v) is 6.67. The average molecular weight is 307 g/mol. The van der Waals surface area contributed by atoms with Crippen molar-refractivity contribution in [1.82, 2.24) is 0 Å². The second-order valence-corrected chi connectivity index (χ2v) is 5.15. The van der Waals surface area contributed by atoms with Gasteiger partial charge in [-0.2, -0.15) is 0 Å². The van der Waals surface area contributed by atoms with E-state index in [4.69, 9.17) is 4.74 Å². The Bertz CT molecular complexity index is 688. The number of nitrogens with zero attached hydrogens (tertiary/aromatic N) is 1. The van der Waals surface area contributed by atoms with Gasteiger partial charge in [0.2, 0.25) is 0 Å². The largest absolute Gasteiger partial charge is 0.426 e. The number of carbonyl (C=O) groups excluding carboxylic acids is 1. The zero-order valence-corrected chi connectivity index (χ0v) is 11.7. The van der Waals surface area contributed by atoms with Crippen molar-refractivity contribution in [3.63, 3.8) is 0 Å². The van der Waals surface area contributed by atoms with Crippen LogP contribution in [0.1, 0.15) is 6.92 Å². The Morgan fingerprint density at radius 3 is 2.48 bits per heavy atom. The van der Waals surface area contributed by atoms with E-state index in [0.29, 0.717) is 9.79 Å². The number of nitro groups is 1. The molecule has 0 saturated carbocycles. The van der Waals surface area contributed by atoms with Crippen LogP contribution in [0.5, 0.6) is 5.75 Å². The molecule has 5 nitrogen and oxygen atoms in total. The summed E-state index contributed by atoms with van der Waals surface area (Å²) in [6, 6.07) is 9.60. The Labute approximate surface area is 123 Å². The lowest BCUT2D eigenvalue weighted by molar-refractivity contribution is -0.384. The lowest BCUT2D eigenvalue weighted by atomic mass is 10.3. The third-order valence-electron chi connectivity index (χ3n) is 2.43. The summed E-state index contributed by atoms with van der Waals surface area (Å²) < 4.78 is 18.3. The summed E-state index contributed by atoms with van der Waals surface area (Å²) in [5.41, 5.74) is -0.0289. The van der Waals surface area contributed by atoms with Crippen LogP contribution in [0.4, 0.5) is 10.1 Å². The van der Waals surface area contributed by atoms with Crippen LogP contribution in [-0.2, 0) is 4.79 Å². The highest BCUT2D eigenvalue weighted by Crippen LogP contribution is 2.36. The SMILES string of the molecule is CC(=O)Oc1ccc(F)cc1Sc1ccc([N+](=O)[O-])cc1. The summed E-state index contributed by atoms with van der Waals surface area (Å²) in [4.78, 5) is 22.2. The van der Waals surface area contributed by atoms with Gasteiger partial charge in [-0.15, -0.1) is 0 Å². The van der Waals surface area contributed by atoms with E-state index in [0.717, 1.165) is 11.8 Å². The highest BCUT2D eigenvalue weighted by atomic mass is 32.2. The van der Waals surface area contributed by atoms with Gasteiger partial charge in [-0.05, 0) is 30.3 Å². The second-order valence-electron chi connectivity index (χ2n) is 4.04. The van der Waals surface area contributed by atoms with Crippen molar-refractivity contribution >= 4 is 23.4 Å². The summed E-state index contributed by atoms with van der Waals surface area (Å²) in [7, 11) is 0. The molecule has 0 amide bonds. The van der Waals surface area contributed by atoms with Gasteiger partial charge >= 0.3 is 5.97 Å². The minimum Gasteiger partial charge on any atom is -0.426 e. The third kappa shape index (κ3) is 4.03. The molecular weight excluding hydrogens is 297 g/mol. The molecule has 0 spiro atoms. The van der Waals surface area contributed by atoms with E-state index < -0.39 is 16.7 Å². The summed E-state index contributed by atoms with van der Waals surface area (Å²) in [6.45, 7) is 1.25. The third-order valence-corrected chi connectivity index (χ3v) is 3.48. The van der Waals surface area contributed by atoms with E-state index in [1.165, 1.54) is 37.3 Å². The molecule has 0 unspecified atom stereocenters. The van der Waals surface area contributed by atoms with Crippen LogP contribution in [-0.4, -0.2) is 10.9 Å². The van der Waals surface area contributed by atoms with Crippen molar-refractivity contribution in [2.75, 3.05) is 0 Å². The van der Waals surface area contributed by atoms with E-state index in [-0.39, 0.29) is 11.4 Å². The van der Waals surface area contributed by atoms with Crippen molar-refractivity contribution in [2.24, 2.45) is 0 Å². The first kappa shape index (κ1) is 15.0. The maximum Gasteiger partial charge on any atom is 0.308 e. The highest BCUT2D eigenvalue weighted by molar-refractivity contribution is 7.99. The molecule has 2 aromatic rings. The fraction of sp³-hybridized carbons (Fsp3) is 0.0714. The van der Waals surface area contributed by atoms with E-state index in [1.54, 1.807) is 12.1 Å². The van der Waals surface area contributed by atoms with Gasteiger partial charge in [0.1, 0.15) is 11.6 Å². The van der Waals surface area contributed by atoms with Crippen molar-refractivity contribution in [3.8, 4) is 5.75 Å². The lowest BCUT2D eigenvalue weighted by Gasteiger charge is -2.08. The van der Waals surface area contributed by atoms with Gasteiger partial charge in [-0.3, -0.25) is 14.9 Å². The van der Waals surface area contributed by atoms with Crippen LogP contribution < -0.4 is 4.74 Å².